The number of aryl methyl sites for hydroxylation is 1. The predicted octanol–water partition coefficient (Wildman–Crippen LogP) is 3.54. The number of hydrogen-bond donors (Lipinski definition) is 2. The lowest BCUT2D eigenvalue weighted by molar-refractivity contribution is -0.117. The molecule has 0 atom stereocenters. The van der Waals surface area contributed by atoms with Gasteiger partial charge < -0.3 is 14.5 Å². The van der Waals surface area contributed by atoms with Crippen molar-refractivity contribution in [2.75, 3.05) is 11.1 Å². The number of nitrogens with one attached hydrogen (secondary N) is 2. The van der Waals surface area contributed by atoms with Crippen LogP contribution in [-0.4, -0.2) is 27.9 Å². The lowest BCUT2D eigenvalue weighted by atomic mass is 10.2. The van der Waals surface area contributed by atoms with E-state index in [4.69, 9.17) is 9.15 Å². The monoisotopic (exact) mass is 416 g/mol. The highest BCUT2D eigenvalue weighted by atomic mass is 32.2. The number of thioether (sulfide) groups is 1. The van der Waals surface area contributed by atoms with Crippen LogP contribution in [-0.2, 0) is 11.4 Å². The molecule has 0 bridgehead atoms. The first-order chi connectivity index (χ1) is 14.0. The summed E-state index contributed by atoms with van der Waals surface area (Å²) in [5, 5.41) is 12.2. The molecule has 0 saturated heterocycles. The largest absolute Gasteiger partial charge is 0.484 e. The fourth-order valence-electron chi connectivity index (χ4n) is 2.21. The first kappa shape index (κ1) is 20.3. The normalized spacial score (nSPS) is 10.4. The first-order valence-corrected chi connectivity index (χ1v) is 9.48. The molecule has 0 fully saturated rings. The van der Waals surface area contributed by atoms with Gasteiger partial charge in [0, 0.05) is 0 Å². The average Bonchev–Trinajstić information content (AvgIpc) is 3.15. The number of carbonyl (C=O) groups excluding carboxylic acids is 2. The van der Waals surface area contributed by atoms with E-state index < -0.39 is 17.8 Å². The Bertz CT molecular complexity index is 1010. The van der Waals surface area contributed by atoms with Crippen molar-refractivity contribution in [3.63, 3.8) is 0 Å². The van der Waals surface area contributed by atoms with Crippen molar-refractivity contribution < 1.29 is 23.1 Å². The molecule has 1 heterocycles. The summed E-state index contributed by atoms with van der Waals surface area (Å²) in [5.74, 6) is -0.398. The van der Waals surface area contributed by atoms with Crippen molar-refractivity contribution in [3.8, 4) is 5.75 Å². The molecule has 150 valence electrons. The number of benzene rings is 2. The zero-order valence-corrected chi connectivity index (χ0v) is 16.2. The van der Waals surface area contributed by atoms with Crippen LogP contribution in [0.5, 0.6) is 5.75 Å². The maximum atomic E-state index is 13.5. The second-order valence-corrected chi connectivity index (χ2v) is 6.76. The van der Waals surface area contributed by atoms with Crippen LogP contribution in [0.2, 0.25) is 0 Å². The van der Waals surface area contributed by atoms with E-state index in [-0.39, 0.29) is 29.2 Å². The third-order valence-electron chi connectivity index (χ3n) is 3.50. The molecule has 0 aliphatic carbocycles. The molecule has 0 radical (unpaired) electrons. The Hall–Kier alpha value is -3.40. The van der Waals surface area contributed by atoms with Crippen molar-refractivity contribution in [2.24, 2.45) is 0 Å². The molecule has 0 saturated carbocycles. The molecule has 29 heavy (non-hydrogen) atoms. The van der Waals surface area contributed by atoms with Crippen molar-refractivity contribution in [2.45, 2.75) is 18.8 Å². The van der Waals surface area contributed by atoms with Gasteiger partial charge in [0.25, 0.3) is 11.1 Å². The molecule has 3 amide bonds. The lowest BCUT2D eigenvalue weighted by Crippen LogP contribution is -2.35. The Morgan fingerprint density at radius 3 is 2.79 bits per heavy atom. The minimum atomic E-state index is -0.835. The maximum Gasteiger partial charge on any atom is 0.325 e. The summed E-state index contributed by atoms with van der Waals surface area (Å²) in [6, 6.07) is 12.3. The van der Waals surface area contributed by atoms with E-state index in [1.165, 1.54) is 18.2 Å². The number of rotatable bonds is 7. The minimum Gasteiger partial charge on any atom is -0.484 e. The Labute approximate surface area is 169 Å². The second kappa shape index (κ2) is 9.69. The van der Waals surface area contributed by atoms with Crippen LogP contribution < -0.4 is 15.4 Å². The van der Waals surface area contributed by atoms with Crippen LogP contribution in [0, 0.1) is 12.7 Å². The van der Waals surface area contributed by atoms with Crippen molar-refractivity contribution in [1.82, 2.24) is 15.5 Å². The van der Waals surface area contributed by atoms with Crippen LogP contribution >= 0.6 is 11.8 Å². The van der Waals surface area contributed by atoms with Gasteiger partial charge in [0.1, 0.15) is 11.6 Å². The molecule has 0 aliphatic rings. The summed E-state index contributed by atoms with van der Waals surface area (Å²) in [4.78, 5) is 23.6. The fraction of sp³-hybridized carbons (Fsp3) is 0.158. The molecule has 3 aromatic rings. The van der Waals surface area contributed by atoms with Crippen molar-refractivity contribution in [1.29, 1.82) is 0 Å². The number of anilines is 1. The summed E-state index contributed by atoms with van der Waals surface area (Å²) < 4.78 is 24.4. The standard InChI is InChI=1S/C19H17FN4O4S/c1-12-5-4-6-13(9-12)27-10-17-23-24-19(28-17)29-11-16(25)22-18(26)21-15-8-3-2-7-14(15)20/h2-9H,10-11H2,1H3,(H2,21,22,25,26). The zero-order valence-electron chi connectivity index (χ0n) is 15.3. The average molecular weight is 416 g/mol. The SMILES string of the molecule is Cc1cccc(OCc2nnc(SCC(=O)NC(=O)Nc3ccccc3F)o2)c1. The summed E-state index contributed by atoms with van der Waals surface area (Å²) in [6.07, 6.45) is 0. The number of aromatic nitrogens is 2. The van der Waals surface area contributed by atoms with Gasteiger partial charge in [0.2, 0.25) is 5.91 Å². The molecule has 2 aromatic carbocycles. The van der Waals surface area contributed by atoms with Gasteiger partial charge in [-0.1, -0.05) is 36.0 Å². The molecular formula is C19H17FN4O4S. The van der Waals surface area contributed by atoms with E-state index in [2.05, 4.69) is 20.8 Å². The summed E-state index contributed by atoms with van der Waals surface area (Å²) in [5.41, 5.74) is 1.04. The molecule has 10 heteroatoms. The van der Waals surface area contributed by atoms with E-state index in [0.717, 1.165) is 17.3 Å². The fourth-order valence-corrected chi connectivity index (χ4v) is 2.79. The molecule has 0 aliphatic heterocycles. The van der Waals surface area contributed by atoms with Crippen LogP contribution in [0.4, 0.5) is 14.9 Å². The summed E-state index contributed by atoms with van der Waals surface area (Å²) in [6.45, 7) is 2.05. The molecular weight excluding hydrogens is 399 g/mol. The third kappa shape index (κ3) is 6.32. The number of halogens is 1. The molecule has 3 rings (SSSR count). The molecule has 8 nitrogen and oxygen atoms in total. The third-order valence-corrected chi connectivity index (χ3v) is 4.32. The van der Waals surface area contributed by atoms with E-state index in [1.807, 2.05) is 31.2 Å². The van der Waals surface area contributed by atoms with Crippen LogP contribution in [0.15, 0.2) is 58.2 Å². The number of ether oxygens (including phenoxy) is 1. The van der Waals surface area contributed by atoms with E-state index in [9.17, 15) is 14.0 Å². The topological polar surface area (TPSA) is 106 Å². The van der Waals surface area contributed by atoms with Gasteiger partial charge in [0.15, 0.2) is 6.61 Å². The maximum absolute atomic E-state index is 13.5. The van der Waals surface area contributed by atoms with Gasteiger partial charge in [-0.25, -0.2) is 9.18 Å². The molecule has 1 aromatic heterocycles. The lowest BCUT2D eigenvalue weighted by Gasteiger charge is -2.06. The van der Waals surface area contributed by atoms with E-state index in [0.29, 0.717) is 5.75 Å². The van der Waals surface area contributed by atoms with E-state index in [1.54, 1.807) is 6.07 Å². The number of nitrogens with zero attached hydrogens (tertiary/aromatic N) is 2. The van der Waals surface area contributed by atoms with Gasteiger partial charge in [-0.3, -0.25) is 10.1 Å². The zero-order chi connectivity index (χ0) is 20.6. The second-order valence-electron chi connectivity index (χ2n) is 5.84. The Kier molecular flexibility index (Phi) is 6.80. The molecule has 0 spiro atoms. The smallest absolute Gasteiger partial charge is 0.325 e. The number of para-hydroxylation sites is 1. The summed E-state index contributed by atoms with van der Waals surface area (Å²) >= 11 is 0.963. The van der Waals surface area contributed by atoms with Gasteiger partial charge in [-0.15, -0.1) is 10.2 Å². The summed E-state index contributed by atoms with van der Waals surface area (Å²) in [7, 11) is 0. The highest BCUT2D eigenvalue weighted by molar-refractivity contribution is 7.99. The number of hydrogen-bond acceptors (Lipinski definition) is 7. The number of amides is 3. The molecule has 2 N–H and O–H groups in total. The highest BCUT2D eigenvalue weighted by Crippen LogP contribution is 2.18. The van der Waals surface area contributed by atoms with E-state index >= 15 is 0 Å². The van der Waals surface area contributed by atoms with Crippen molar-refractivity contribution in [3.05, 3.63) is 65.8 Å². The highest BCUT2D eigenvalue weighted by Gasteiger charge is 2.13. The van der Waals surface area contributed by atoms with Gasteiger partial charge in [-0.2, -0.15) is 0 Å². The number of urea groups is 1. The van der Waals surface area contributed by atoms with Gasteiger partial charge >= 0.3 is 6.03 Å². The van der Waals surface area contributed by atoms with Gasteiger partial charge in [0.05, 0.1) is 11.4 Å². The Balaban J connectivity index is 1.42. The van der Waals surface area contributed by atoms with Crippen molar-refractivity contribution >= 4 is 29.4 Å². The predicted molar refractivity (Wildman–Crippen MR) is 104 cm³/mol. The first-order valence-electron chi connectivity index (χ1n) is 8.49. The molecule has 0 unspecified atom stereocenters. The number of carbonyl (C=O) groups is 2. The Morgan fingerprint density at radius 2 is 2.00 bits per heavy atom. The Morgan fingerprint density at radius 1 is 1.17 bits per heavy atom. The number of imide groups is 1. The minimum absolute atomic E-state index is 0.0272. The quantitative estimate of drug-likeness (QED) is 0.568. The van der Waals surface area contributed by atoms with Crippen LogP contribution in [0.1, 0.15) is 11.5 Å². The van der Waals surface area contributed by atoms with Gasteiger partial charge in [-0.05, 0) is 36.8 Å². The van der Waals surface area contributed by atoms with Crippen LogP contribution in [0.25, 0.3) is 0 Å². The van der Waals surface area contributed by atoms with Crippen LogP contribution in [0.3, 0.4) is 0 Å².